The van der Waals surface area contributed by atoms with Gasteiger partial charge in [-0.3, -0.25) is 4.79 Å². The van der Waals surface area contributed by atoms with Crippen molar-refractivity contribution in [2.45, 2.75) is 32.3 Å². The van der Waals surface area contributed by atoms with Crippen LogP contribution in [0.15, 0.2) is 12.2 Å². The largest absolute Gasteiger partial charge is 0.462 e. The molecule has 2 nitrogen and oxygen atoms in total. The Balaban J connectivity index is 2.46. The number of carbonyl (C=O) groups excluding carboxylic acids is 1. The smallest absolute Gasteiger partial charge is 0.309 e. The van der Waals surface area contributed by atoms with E-state index in [0.717, 1.165) is 12.8 Å². The summed E-state index contributed by atoms with van der Waals surface area (Å²) in [5.41, 5.74) is 0. The molecule has 0 spiro atoms. The van der Waals surface area contributed by atoms with Crippen molar-refractivity contribution in [2.75, 3.05) is 0 Å². The van der Waals surface area contributed by atoms with Crippen molar-refractivity contribution in [3.63, 3.8) is 0 Å². The minimum Gasteiger partial charge on any atom is -0.462 e. The Bertz CT molecular complexity index is 149. The van der Waals surface area contributed by atoms with Gasteiger partial charge in [0.15, 0.2) is 0 Å². The van der Waals surface area contributed by atoms with Crippen molar-refractivity contribution in [2.24, 2.45) is 0 Å². The summed E-state index contributed by atoms with van der Waals surface area (Å²) in [6.07, 6.45) is 6.41. The second kappa shape index (κ2) is 3.40. The number of hydrogen-bond acceptors (Lipinski definition) is 2. The third-order valence-electron chi connectivity index (χ3n) is 1.52. The lowest BCUT2D eigenvalue weighted by atomic mass is 10.2. The summed E-state index contributed by atoms with van der Waals surface area (Å²) in [7, 11) is 0. The van der Waals surface area contributed by atoms with Gasteiger partial charge in [0.1, 0.15) is 0 Å². The first-order chi connectivity index (χ1) is 4.79. The zero-order valence-electron chi connectivity index (χ0n) is 6.17. The molecule has 0 fully saturated rings. The van der Waals surface area contributed by atoms with Crippen LogP contribution in [0.1, 0.15) is 26.2 Å². The molecule has 0 bridgehead atoms. The van der Waals surface area contributed by atoms with Gasteiger partial charge in [0.05, 0.1) is 12.5 Å². The normalized spacial score (nSPS) is 30.1. The quantitative estimate of drug-likeness (QED) is 0.378. The first kappa shape index (κ1) is 7.32. The summed E-state index contributed by atoms with van der Waals surface area (Å²) in [5.74, 6) is -0.108. The van der Waals surface area contributed by atoms with Crippen LogP contribution in [0.2, 0.25) is 0 Å². The molecule has 1 aliphatic rings. The van der Waals surface area contributed by atoms with Crippen molar-refractivity contribution in [3.05, 3.63) is 12.2 Å². The number of cyclic esters (lactones) is 1. The first-order valence-corrected chi connectivity index (χ1v) is 3.63. The molecule has 1 rings (SSSR count). The molecule has 0 N–H and O–H groups in total. The second-order valence-electron chi connectivity index (χ2n) is 2.55. The molecule has 10 heavy (non-hydrogen) atoms. The third kappa shape index (κ3) is 2.21. The van der Waals surface area contributed by atoms with E-state index < -0.39 is 0 Å². The number of esters is 1. The Morgan fingerprint density at radius 1 is 1.60 bits per heavy atom. The first-order valence-electron chi connectivity index (χ1n) is 3.63. The maximum atomic E-state index is 10.8. The fourth-order valence-electron chi connectivity index (χ4n) is 0.960. The maximum Gasteiger partial charge on any atom is 0.309 e. The number of rotatable bonds is 0. The summed E-state index contributed by atoms with van der Waals surface area (Å²) in [4.78, 5) is 10.8. The SMILES string of the molecule is CC1CC/C=C\CC(=O)O1. The van der Waals surface area contributed by atoms with E-state index in [2.05, 4.69) is 0 Å². The minimum absolute atomic E-state index is 0.0949. The van der Waals surface area contributed by atoms with Gasteiger partial charge in [0.2, 0.25) is 0 Å². The third-order valence-corrected chi connectivity index (χ3v) is 1.52. The molecule has 0 saturated heterocycles. The van der Waals surface area contributed by atoms with Crippen LogP contribution < -0.4 is 0 Å². The molecule has 0 saturated carbocycles. The van der Waals surface area contributed by atoms with Crippen LogP contribution in [0.5, 0.6) is 0 Å². The molecule has 0 aromatic rings. The highest BCUT2D eigenvalue weighted by Gasteiger charge is 2.08. The van der Waals surface area contributed by atoms with E-state index in [1.807, 2.05) is 19.1 Å². The van der Waals surface area contributed by atoms with Crippen LogP contribution in [-0.4, -0.2) is 12.1 Å². The lowest BCUT2D eigenvalue weighted by Gasteiger charge is -2.12. The summed E-state index contributed by atoms with van der Waals surface area (Å²) >= 11 is 0. The number of hydrogen-bond donors (Lipinski definition) is 0. The molecule has 1 aliphatic heterocycles. The van der Waals surface area contributed by atoms with E-state index in [0.29, 0.717) is 6.42 Å². The van der Waals surface area contributed by atoms with Gasteiger partial charge in [-0.1, -0.05) is 12.2 Å². The van der Waals surface area contributed by atoms with E-state index in [1.165, 1.54) is 0 Å². The molecule has 1 atom stereocenters. The van der Waals surface area contributed by atoms with E-state index in [1.54, 1.807) is 0 Å². The standard InChI is InChI=1S/C8H12O2/c1-7-5-3-2-4-6-8(9)10-7/h2,4,7H,3,5-6H2,1H3/b4-2-. The Kier molecular flexibility index (Phi) is 2.49. The van der Waals surface area contributed by atoms with Gasteiger partial charge in [0.25, 0.3) is 0 Å². The van der Waals surface area contributed by atoms with Crippen LogP contribution in [0.25, 0.3) is 0 Å². The van der Waals surface area contributed by atoms with Gasteiger partial charge in [-0.2, -0.15) is 0 Å². The minimum atomic E-state index is -0.108. The van der Waals surface area contributed by atoms with Gasteiger partial charge in [-0.05, 0) is 19.8 Å². The van der Waals surface area contributed by atoms with Crippen molar-refractivity contribution in [1.29, 1.82) is 0 Å². The highest BCUT2D eigenvalue weighted by atomic mass is 16.5. The zero-order valence-corrected chi connectivity index (χ0v) is 6.17. The molecule has 0 amide bonds. The van der Waals surface area contributed by atoms with E-state index in [9.17, 15) is 4.79 Å². The number of allylic oxidation sites excluding steroid dienone is 1. The molecule has 1 heterocycles. The lowest BCUT2D eigenvalue weighted by Crippen LogP contribution is -2.14. The molecule has 2 heteroatoms. The summed E-state index contributed by atoms with van der Waals surface area (Å²) < 4.78 is 5.00. The van der Waals surface area contributed by atoms with E-state index in [-0.39, 0.29) is 12.1 Å². The lowest BCUT2D eigenvalue weighted by molar-refractivity contribution is -0.147. The highest BCUT2D eigenvalue weighted by molar-refractivity contribution is 5.71. The molecule has 0 radical (unpaired) electrons. The summed E-state index contributed by atoms with van der Waals surface area (Å²) in [6, 6.07) is 0. The van der Waals surface area contributed by atoms with Crippen LogP contribution >= 0.6 is 0 Å². The van der Waals surface area contributed by atoms with Gasteiger partial charge >= 0.3 is 5.97 Å². The predicted molar refractivity (Wildman–Crippen MR) is 38.5 cm³/mol. The average Bonchev–Trinajstić information content (AvgIpc) is 1.83. The Hall–Kier alpha value is -0.790. The van der Waals surface area contributed by atoms with Crippen LogP contribution in [0.4, 0.5) is 0 Å². The van der Waals surface area contributed by atoms with Gasteiger partial charge in [-0.25, -0.2) is 0 Å². The van der Waals surface area contributed by atoms with Crippen molar-refractivity contribution in [1.82, 2.24) is 0 Å². The van der Waals surface area contributed by atoms with Crippen LogP contribution in [-0.2, 0) is 9.53 Å². The van der Waals surface area contributed by atoms with Crippen molar-refractivity contribution in [3.8, 4) is 0 Å². The van der Waals surface area contributed by atoms with E-state index in [4.69, 9.17) is 4.74 Å². The zero-order chi connectivity index (χ0) is 7.40. The molecule has 0 aromatic heterocycles. The van der Waals surface area contributed by atoms with Crippen LogP contribution in [0, 0.1) is 0 Å². The molecule has 56 valence electrons. The number of ether oxygens (including phenoxy) is 1. The second-order valence-corrected chi connectivity index (χ2v) is 2.55. The van der Waals surface area contributed by atoms with Crippen molar-refractivity contribution >= 4 is 5.97 Å². The predicted octanol–water partition coefficient (Wildman–Crippen LogP) is 1.66. The average molecular weight is 140 g/mol. The van der Waals surface area contributed by atoms with Crippen LogP contribution in [0.3, 0.4) is 0 Å². The number of carbonyl (C=O) groups is 1. The molecular weight excluding hydrogens is 128 g/mol. The molecule has 1 unspecified atom stereocenters. The fourth-order valence-corrected chi connectivity index (χ4v) is 0.960. The monoisotopic (exact) mass is 140 g/mol. The Labute approximate surface area is 60.9 Å². The van der Waals surface area contributed by atoms with Gasteiger partial charge in [0, 0.05) is 0 Å². The maximum absolute atomic E-state index is 10.8. The van der Waals surface area contributed by atoms with Gasteiger partial charge < -0.3 is 4.74 Å². The fraction of sp³-hybridized carbons (Fsp3) is 0.625. The highest BCUT2D eigenvalue weighted by Crippen LogP contribution is 2.07. The topological polar surface area (TPSA) is 26.3 Å². The van der Waals surface area contributed by atoms with E-state index >= 15 is 0 Å². The van der Waals surface area contributed by atoms with Crippen molar-refractivity contribution < 1.29 is 9.53 Å². The summed E-state index contributed by atoms with van der Waals surface area (Å²) in [6.45, 7) is 1.93. The Morgan fingerprint density at radius 3 is 3.20 bits per heavy atom. The Morgan fingerprint density at radius 2 is 2.40 bits per heavy atom. The van der Waals surface area contributed by atoms with Gasteiger partial charge in [-0.15, -0.1) is 0 Å². The molecule has 0 aromatic carbocycles. The molecular formula is C8H12O2. The molecule has 0 aliphatic carbocycles. The summed E-state index contributed by atoms with van der Waals surface area (Å²) in [5, 5.41) is 0.